The van der Waals surface area contributed by atoms with Crippen molar-refractivity contribution < 1.29 is 0 Å². The lowest BCUT2D eigenvalue weighted by molar-refractivity contribution is 0.755. The van der Waals surface area contributed by atoms with Crippen LogP contribution in [0.15, 0.2) is 24.3 Å². The average molecular weight is 125 g/mol. The van der Waals surface area contributed by atoms with Gasteiger partial charge in [0.05, 0.1) is 0 Å². The molecular weight excluding hydrogens is 110 g/mol. The van der Waals surface area contributed by atoms with Crippen LogP contribution in [-0.2, 0) is 0 Å². The second-order valence-electron chi connectivity index (χ2n) is 2.37. The van der Waals surface area contributed by atoms with Crippen LogP contribution in [0.5, 0.6) is 0 Å². The predicted octanol–water partition coefficient (Wildman–Crippen LogP) is 1.86. The van der Waals surface area contributed by atoms with Gasteiger partial charge < -0.3 is 5.73 Å². The fourth-order valence-corrected chi connectivity index (χ4v) is 0.455. The molecule has 0 bridgehead atoms. The van der Waals surface area contributed by atoms with E-state index in [0.29, 0.717) is 0 Å². The molecule has 0 spiro atoms. The van der Waals surface area contributed by atoms with Crippen molar-refractivity contribution >= 4 is 0 Å². The Labute approximate surface area is 57.3 Å². The Morgan fingerprint density at radius 3 is 2.67 bits per heavy atom. The van der Waals surface area contributed by atoms with Crippen molar-refractivity contribution in [1.29, 1.82) is 0 Å². The third-order valence-electron chi connectivity index (χ3n) is 1.13. The minimum atomic E-state index is 0.264. The Hall–Kier alpha value is -0.560. The zero-order valence-corrected chi connectivity index (χ0v) is 6.22. The number of rotatable bonds is 3. The quantitative estimate of drug-likeness (QED) is 0.572. The van der Waals surface area contributed by atoms with Gasteiger partial charge in [0.2, 0.25) is 0 Å². The van der Waals surface area contributed by atoms with Crippen LogP contribution in [0.1, 0.15) is 20.3 Å². The van der Waals surface area contributed by atoms with Crippen LogP contribution in [0, 0.1) is 0 Å². The van der Waals surface area contributed by atoms with Crippen LogP contribution in [0.3, 0.4) is 0 Å². The fraction of sp³-hybridized carbons (Fsp3) is 0.500. The molecule has 0 aliphatic carbocycles. The molecule has 0 rings (SSSR count). The molecule has 0 heterocycles. The van der Waals surface area contributed by atoms with Gasteiger partial charge in [-0.3, -0.25) is 0 Å². The van der Waals surface area contributed by atoms with E-state index in [0.717, 1.165) is 6.42 Å². The van der Waals surface area contributed by atoms with Gasteiger partial charge >= 0.3 is 0 Å². The lowest BCUT2D eigenvalue weighted by atomic mass is 10.2. The number of allylic oxidation sites excluding steroid dienone is 2. The molecule has 0 saturated carbocycles. The van der Waals surface area contributed by atoms with Crippen molar-refractivity contribution in [3.05, 3.63) is 24.3 Å². The van der Waals surface area contributed by atoms with E-state index < -0.39 is 0 Å². The minimum absolute atomic E-state index is 0.264. The molecule has 1 atom stereocenters. The lowest BCUT2D eigenvalue weighted by Gasteiger charge is -1.98. The van der Waals surface area contributed by atoms with E-state index in [-0.39, 0.29) is 6.04 Å². The Balaban J connectivity index is 3.56. The summed E-state index contributed by atoms with van der Waals surface area (Å²) in [5.74, 6) is 0. The molecule has 0 radical (unpaired) electrons. The molecule has 0 aliphatic rings. The molecule has 0 aromatic heterocycles. The zero-order valence-electron chi connectivity index (χ0n) is 6.22. The van der Waals surface area contributed by atoms with Crippen LogP contribution in [0.4, 0.5) is 0 Å². The molecule has 0 amide bonds. The van der Waals surface area contributed by atoms with Crippen LogP contribution >= 0.6 is 0 Å². The summed E-state index contributed by atoms with van der Waals surface area (Å²) in [7, 11) is 0. The second kappa shape index (κ2) is 4.33. The highest BCUT2D eigenvalue weighted by molar-refractivity contribution is 5.12. The molecule has 0 fully saturated rings. The molecule has 0 unspecified atom stereocenters. The van der Waals surface area contributed by atoms with E-state index in [9.17, 15) is 0 Å². The third kappa shape index (κ3) is 5.31. The van der Waals surface area contributed by atoms with Crippen molar-refractivity contribution in [3.8, 4) is 0 Å². The predicted molar refractivity (Wildman–Crippen MR) is 42.2 cm³/mol. The highest BCUT2D eigenvalue weighted by Gasteiger charge is 1.87. The van der Waals surface area contributed by atoms with Crippen molar-refractivity contribution in [2.24, 2.45) is 5.73 Å². The molecule has 1 heteroatoms. The molecule has 0 aromatic carbocycles. The summed E-state index contributed by atoms with van der Waals surface area (Å²) in [6.45, 7) is 7.65. The van der Waals surface area contributed by atoms with Crippen LogP contribution < -0.4 is 5.73 Å². The number of hydrogen-bond acceptors (Lipinski definition) is 1. The first-order chi connectivity index (χ1) is 4.16. The molecule has 0 aromatic rings. The summed E-state index contributed by atoms with van der Waals surface area (Å²) in [5.41, 5.74) is 6.72. The molecule has 0 saturated heterocycles. The Kier molecular flexibility index (Phi) is 4.06. The van der Waals surface area contributed by atoms with E-state index in [1.165, 1.54) is 5.57 Å². The summed E-state index contributed by atoms with van der Waals surface area (Å²) >= 11 is 0. The van der Waals surface area contributed by atoms with Gasteiger partial charge in [0.1, 0.15) is 0 Å². The maximum Gasteiger partial charge on any atom is 0.00452 e. The van der Waals surface area contributed by atoms with Gasteiger partial charge in [-0.15, -0.1) is 0 Å². The summed E-state index contributed by atoms with van der Waals surface area (Å²) in [4.78, 5) is 0. The summed E-state index contributed by atoms with van der Waals surface area (Å²) < 4.78 is 0. The van der Waals surface area contributed by atoms with E-state index >= 15 is 0 Å². The van der Waals surface area contributed by atoms with Crippen molar-refractivity contribution in [1.82, 2.24) is 0 Å². The van der Waals surface area contributed by atoms with Crippen molar-refractivity contribution in [3.63, 3.8) is 0 Å². The molecule has 2 N–H and O–H groups in total. The Morgan fingerprint density at radius 1 is 1.78 bits per heavy atom. The van der Waals surface area contributed by atoms with Gasteiger partial charge in [0.25, 0.3) is 0 Å². The maximum absolute atomic E-state index is 5.52. The van der Waals surface area contributed by atoms with E-state index in [1.807, 2.05) is 19.9 Å². The SMILES string of the molecule is C=C/C(C)=C/C[C@H](C)N. The Bertz CT molecular complexity index is 112. The maximum atomic E-state index is 5.52. The minimum Gasteiger partial charge on any atom is -0.328 e. The average Bonchev–Trinajstić information content (AvgIpc) is 1.83. The van der Waals surface area contributed by atoms with Crippen molar-refractivity contribution in [2.75, 3.05) is 0 Å². The van der Waals surface area contributed by atoms with Gasteiger partial charge in [-0.1, -0.05) is 24.3 Å². The Morgan fingerprint density at radius 2 is 2.33 bits per heavy atom. The summed E-state index contributed by atoms with van der Waals surface area (Å²) in [6.07, 6.45) is 4.87. The zero-order chi connectivity index (χ0) is 7.28. The number of nitrogens with two attached hydrogens (primary N) is 1. The van der Waals surface area contributed by atoms with E-state index in [4.69, 9.17) is 5.73 Å². The summed E-state index contributed by atoms with van der Waals surface area (Å²) in [6, 6.07) is 0.264. The van der Waals surface area contributed by atoms with Crippen LogP contribution in [0.2, 0.25) is 0 Å². The van der Waals surface area contributed by atoms with E-state index in [2.05, 4.69) is 12.7 Å². The van der Waals surface area contributed by atoms with Gasteiger partial charge in [-0.2, -0.15) is 0 Å². The first kappa shape index (κ1) is 8.44. The summed E-state index contributed by atoms with van der Waals surface area (Å²) in [5, 5.41) is 0. The smallest absolute Gasteiger partial charge is 0.00452 e. The molecule has 0 aliphatic heterocycles. The topological polar surface area (TPSA) is 26.0 Å². The molecular formula is C8H15N. The van der Waals surface area contributed by atoms with Crippen molar-refractivity contribution in [2.45, 2.75) is 26.3 Å². The molecule has 1 nitrogen and oxygen atoms in total. The monoisotopic (exact) mass is 125 g/mol. The first-order valence-corrected chi connectivity index (χ1v) is 3.21. The standard InChI is InChI=1S/C8H15N/c1-4-7(2)5-6-8(3)9/h4-5,8H,1,6,9H2,2-3H3/b7-5+/t8-/m0/s1. The molecule has 9 heavy (non-hydrogen) atoms. The third-order valence-corrected chi connectivity index (χ3v) is 1.13. The van der Waals surface area contributed by atoms with Crippen LogP contribution in [-0.4, -0.2) is 6.04 Å². The number of hydrogen-bond donors (Lipinski definition) is 1. The normalized spacial score (nSPS) is 15.2. The van der Waals surface area contributed by atoms with Gasteiger partial charge in [-0.25, -0.2) is 0 Å². The first-order valence-electron chi connectivity index (χ1n) is 3.21. The largest absolute Gasteiger partial charge is 0.328 e. The molecule has 52 valence electrons. The van der Waals surface area contributed by atoms with Crippen LogP contribution in [0.25, 0.3) is 0 Å². The fourth-order valence-electron chi connectivity index (χ4n) is 0.455. The van der Waals surface area contributed by atoms with E-state index in [1.54, 1.807) is 0 Å². The highest BCUT2D eigenvalue weighted by Crippen LogP contribution is 1.96. The second-order valence-corrected chi connectivity index (χ2v) is 2.37. The van der Waals surface area contributed by atoms with Gasteiger partial charge in [0.15, 0.2) is 0 Å². The highest BCUT2D eigenvalue weighted by atomic mass is 14.6. The van der Waals surface area contributed by atoms with Gasteiger partial charge in [-0.05, 0) is 20.3 Å². The lowest BCUT2D eigenvalue weighted by Crippen LogP contribution is -2.12. The van der Waals surface area contributed by atoms with Gasteiger partial charge in [0, 0.05) is 6.04 Å².